The summed E-state index contributed by atoms with van der Waals surface area (Å²) in [4.78, 5) is 0. The molecule has 0 saturated heterocycles. The fourth-order valence-electron chi connectivity index (χ4n) is 1.21. The molecule has 0 fully saturated rings. The molecule has 0 amide bonds. The molecule has 1 rings (SSSR count). The highest BCUT2D eigenvalue weighted by atomic mass is 19.1. The third-order valence-electron chi connectivity index (χ3n) is 2.09. The molecule has 1 aromatic carbocycles. The highest BCUT2D eigenvalue weighted by Gasteiger charge is 2.06. The van der Waals surface area contributed by atoms with Crippen LogP contribution in [0, 0.1) is 5.82 Å². The number of hydrogen-bond acceptors (Lipinski definition) is 2. The van der Waals surface area contributed by atoms with Crippen LogP contribution in [0.5, 0.6) is 5.75 Å². The second-order valence-corrected chi connectivity index (χ2v) is 3.11. The Labute approximate surface area is 87.4 Å². The summed E-state index contributed by atoms with van der Waals surface area (Å²) < 4.78 is 30.5. The summed E-state index contributed by atoms with van der Waals surface area (Å²) in [6.45, 7) is 0.0765. The van der Waals surface area contributed by atoms with E-state index in [1.165, 1.54) is 25.3 Å². The van der Waals surface area contributed by atoms with Gasteiger partial charge in [0.1, 0.15) is 11.6 Å². The minimum atomic E-state index is -0.386. The highest BCUT2D eigenvalue weighted by molar-refractivity contribution is 5.32. The molecule has 0 aromatic heterocycles. The first-order valence-electron chi connectivity index (χ1n) is 4.52. The van der Waals surface area contributed by atoms with E-state index in [0.717, 1.165) is 0 Å². The van der Waals surface area contributed by atoms with Crippen LogP contribution in [0.25, 0.3) is 0 Å². The molecule has 0 radical (unpaired) electrons. The predicted molar refractivity (Wildman–Crippen MR) is 54.9 cm³/mol. The fourth-order valence-corrected chi connectivity index (χ4v) is 1.21. The van der Waals surface area contributed by atoms with Crippen LogP contribution in [-0.2, 0) is 6.42 Å². The lowest BCUT2D eigenvalue weighted by atomic mass is 10.1. The van der Waals surface area contributed by atoms with E-state index in [9.17, 15) is 8.78 Å². The van der Waals surface area contributed by atoms with Gasteiger partial charge in [-0.15, -0.1) is 0 Å². The predicted octanol–water partition coefficient (Wildman–Crippen LogP) is 2.19. The van der Waals surface area contributed by atoms with Crippen LogP contribution in [0.15, 0.2) is 30.1 Å². The summed E-state index contributed by atoms with van der Waals surface area (Å²) in [5, 5.41) is 0. The van der Waals surface area contributed by atoms with Gasteiger partial charge in [-0.1, -0.05) is 0 Å². The topological polar surface area (TPSA) is 35.2 Å². The Morgan fingerprint density at radius 1 is 1.53 bits per heavy atom. The van der Waals surface area contributed by atoms with Gasteiger partial charge < -0.3 is 10.5 Å². The molecule has 0 spiro atoms. The molecular weight excluding hydrogens is 200 g/mol. The van der Waals surface area contributed by atoms with Crippen LogP contribution in [0.1, 0.15) is 5.56 Å². The largest absolute Gasteiger partial charge is 0.497 e. The minimum absolute atomic E-state index is 0.0765. The SMILES string of the molecule is COc1ccc(F)c(CC(=CF)CN)c1. The van der Waals surface area contributed by atoms with Gasteiger partial charge in [0.25, 0.3) is 0 Å². The van der Waals surface area contributed by atoms with Crippen molar-refractivity contribution in [3.63, 3.8) is 0 Å². The maximum absolute atomic E-state index is 13.3. The molecular formula is C11H13F2NO. The van der Waals surface area contributed by atoms with E-state index in [-0.39, 0.29) is 18.8 Å². The zero-order valence-corrected chi connectivity index (χ0v) is 8.47. The van der Waals surface area contributed by atoms with E-state index in [0.29, 0.717) is 23.2 Å². The third-order valence-corrected chi connectivity index (χ3v) is 2.09. The molecule has 82 valence electrons. The van der Waals surface area contributed by atoms with Crippen molar-refractivity contribution in [1.29, 1.82) is 0 Å². The van der Waals surface area contributed by atoms with Gasteiger partial charge in [-0.05, 0) is 29.3 Å². The Morgan fingerprint density at radius 3 is 2.80 bits per heavy atom. The number of ether oxygens (including phenoxy) is 1. The second-order valence-electron chi connectivity index (χ2n) is 3.11. The standard InChI is InChI=1S/C11H13F2NO/c1-15-10-2-3-11(13)9(5-10)4-8(6-12)7-14/h2-3,5-6H,4,7,14H2,1H3. The molecule has 0 unspecified atom stereocenters. The summed E-state index contributed by atoms with van der Waals surface area (Å²) in [6.07, 6.45) is 0.578. The summed E-state index contributed by atoms with van der Waals surface area (Å²) in [5.74, 6) is 0.158. The number of hydrogen-bond donors (Lipinski definition) is 1. The van der Waals surface area contributed by atoms with E-state index >= 15 is 0 Å². The minimum Gasteiger partial charge on any atom is -0.497 e. The monoisotopic (exact) mass is 213 g/mol. The van der Waals surface area contributed by atoms with Crippen LogP contribution in [0.2, 0.25) is 0 Å². The first-order chi connectivity index (χ1) is 7.21. The summed E-state index contributed by atoms with van der Waals surface area (Å²) >= 11 is 0. The smallest absolute Gasteiger partial charge is 0.126 e. The zero-order valence-electron chi connectivity index (χ0n) is 8.47. The molecule has 15 heavy (non-hydrogen) atoms. The lowest BCUT2D eigenvalue weighted by molar-refractivity contribution is 0.413. The molecule has 0 aliphatic heterocycles. The number of halogens is 2. The molecule has 0 aliphatic carbocycles. The number of benzene rings is 1. The Bertz CT molecular complexity index is 364. The molecule has 2 nitrogen and oxygen atoms in total. The van der Waals surface area contributed by atoms with Gasteiger partial charge in [-0.3, -0.25) is 0 Å². The average Bonchev–Trinajstić information content (AvgIpc) is 2.28. The van der Waals surface area contributed by atoms with E-state index in [2.05, 4.69) is 0 Å². The van der Waals surface area contributed by atoms with Crippen molar-refractivity contribution in [2.45, 2.75) is 6.42 Å². The van der Waals surface area contributed by atoms with Crippen LogP contribution in [0.4, 0.5) is 8.78 Å². The van der Waals surface area contributed by atoms with Crippen LogP contribution in [-0.4, -0.2) is 13.7 Å². The molecule has 0 heterocycles. The van der Waals surface area contributed by atoms with Gasteiger partial charge in [0.15, 0.2) is 0 Å². The normalized spacial score (nSPS) is 11.6. The highest BCUT2D eigenvalue weighted by Crippen LogP contribution is 2.19. The summed E-state index contributed by atoms with van der Waals surface area (Å²) in [5.41, 5.74) is 6.02. The van der Waals surface area contributed by atoms with Gasteiger partial charge >= 0.3 is 0 Å². The average molecular weight is 213 g/mol. The van der Waals surface area contributed by atoms with Crippen molar-refractivity contribution in [1.82, 2.24) is 0 Å². The van der Waals surface area contributed by atoms with E-state index in [1.54, 1.807) is 0 Å². The molecule has 4 heteroatoms. The molecule has 0 aliphatic rings. The van der Waals surface area contributed by atoms with E-state index < -0.39 is 0 Å². The number of nitrogens with two attached hydrogens (primary N) is 1. The Balaban J connectivity index is 2.92. The molecule has 0 atom stereocenters. The van der Waals surface area contributed by atoms with Crippen LogP contribution >= 0.6 is 0 Å². The fraction of sp³-hybridized carbons (Fsp3) is 0.273. The maximum Gasteiger partial charge on any atom is 0.126 e. The van der Waals surface area contributed by atoms with Gasteiger partial charge in [0.2, 0.25) is 0 Å². The Kier molecular flexibility index (Phi) is 4.24. The van der Waals surface area contributed by atoms with E-state index in [1.807, 2.05) is 0 Å². The lowest BCUT2D eigenvalue weighted by Crippen LogP contribution is -2.06. The molecule has 0 bridgehead atoms. The summed E-state index contributed by atoms with van der Waals surface area (Å²) in [6, 6.07) is 4.34. The van der Waals surface area contributed by atoms with Gasteiger partial charge in [-0.2, -0.15) is 0 Å². The van der Waals surface area contributed by atoms with E-state index in [4.69, 9.17) is 10.5 Å². The Morgan fingerprint density at radius 2 is 2.27 bits per heavy atom. The second kappa shape index (κ2) is 5.46. The first-order valence-corrected chi connectivity index (χ1v) is 4.52. The maximum atomic E-state index is 13.3. The molecule has 0 saturated carbocycles. The van der Waals surface area contributed by atoms with Gasteiger partial charge in [0.05, 0.1) is 13.4 Å². The third kappa shape index (κ3) is 3.02. The van der Waals surface area contributed by atoms with Crippen molar-refractivity contribution >= 4 is 0 Å². The number of rotatable bonds is 4. The van der Waals surface area contributed by atoms with Crippen molar-refractivity contribution in [3.8, 4) is 5.75 Å². The van der Waals surface area contributed by atoms with Crippen molar-refractivity contribution in [3.05, 3.63) is 41.5 Å². The van der Waals surface area contributed by atoms with Crippen molar-refractivity contribution < 1.29 is 13.5 Å². The van der Waals surface area contributed by atoms with Crippen LogP contribution in [0.3, 0.4) is 0 Å². The van der Waals surface area contributed by atoms with Crippen LogP contribution < -0.4 is 10.5 Å². The Hall–Kier alpha value is -1.42. The first kappa shape index (κ1) is 11.7. The lowest BCUT2D eigenvalue weighted by Gasteiger charge is -2.07. The summed E-state index contributed by atoms with van der Waals surface area (Å²) in [7, 11) is 1.49. The van der Waals surface area contributed by atoms with Gasteiger partial charge in [0, 0.05) is 13.0 Å². The van der Waals surface area contributed by atoms with Crippen molar-refractivity contribution in [2.75, 3.05) is 13.7 Å². The number of methoxy groups -OCH3 is 1. The molecule has 2 N–H and O–H groups in total. The molecule has 1 aromatic rings. The van der Waals surface area contributed by atoms with Gasteiger partial charge in [-0.25, -0.2) is 8.78 Å². The van der Waals surface area contributed by atoms with Crippen molar-refractivity contribution in [2.24, 2.45) is 5.73 Å². The quantitative estimate of drug-likeness (QED) is 0.832. The zero-order chi connectivity index (χ0) is 11.3.